The van der Waals surface area contributed by atoms with E-state index in [0.29, 0.717) is 5.92 Å². The Morgan fingerprint density at radius 1 is 1.33 bits per heavy atom. The Labute approximate surface area is 138 Å². The molecule has 0 spiro atoms. The van der Waals surface area contributed by atoms with Gasteiger partial charge in [-0.15, -0.1) is 0 Å². The van der Waals surface area contributed by atoms with Crippen molar-refractivity contribution in [2.24, 2.45) is 5.92 Å². The summed E-state index contributed by atoms with van der Waals surface area (Å²) in [5.41, 5.74) is -0.861. The van der Waals surface area contributed by atoms with Crippen LogP contribution in [0.15, 0.2) is 23.1 Å². The van der Waals surface area contributed by atoms with Gasteiger partial charge < -0.3 is 5.32 Å². The number of hydrogen-bond donors (Lipinski definition) is 2. The summed E-state index contributed by atoms with van der Waals surface area (Å²) in [6.45, 7) is 1.59. The van der Waals surface area contributed by atoms with E-state index < -0.39 is 29.0 Å². The first-order valence-corrected chi connectivity index (χ1v) is 7.82. The maximum Gasteiger partial charge on any atom is 0.321 e. The van der Waals surface area contributed by atoms with Gasteiger partial charge in [-0.25, -0.2) is 4.79 Å². The van der Waals surface area contributed by atoms with Gasteiger partial charge in [0.05, 0.1) is 11.1 Å². The zero-order valence-corrected chi connectivity index (χ0v) is 13.4. The molecule has 24 heavy (non-hydrogen) atoms. The van der Waals surface area contributed by atoms with Gasteiger partial charge in [0.15, 0.2) is 0 Å². The Bertz CT molecular complexity index is 699. The van der Waals surface area contributed by atoms with E-state index in [1.165, 1.54) is 0 Å². The van der Waals surface area contributed by atoms with E-state index in [9.17, 15) is 24.5 Å². The fourth-order valence-electron chi connectivity index (χ4n) is 2.81. The summed E-state index contributed by atoms with van der Waals surface area (Å²) in [6, 6.07) is 1.48. The van der Waals surface area contributed by atoms with Gasteiger partial charge in [-0.1, -0.05) is 19.8 Å². The molecule has 9 heteroatoms. The van der Waals surface area contributed by atoms with Crippen LogP contribution in [0.4, 0.5) is 10.5 Å². The fraction of sp³-hybridized carbons (Fsp3) is 0.533. The Hall–Kier alpha value is -2.71. The second kappa shape index (κ2) is 7.71. The van der Waals surface area contributed by atoms with Crippen molar-refractivity contribution in [2.45, 2.75) is 45.2 Å². The van der Waals surface area contributed by atoms with Gasteiger partial charge in [0.2, 0.25) is 5.91 Å². The molecule has 130 valence electrons. The Balaban J connectivity index is 1.93. The van der Waals surface area contributed by atoms with Crippen molar-refractivity contribution in [1.82, 2.24) is 15.2 Å². The molecule has 2 unspecified atom stereocenters. The second-order valence-corrected chi connectivity index (χ2v) is 6.00. The van der Waals surface area contributed by atoms with Crippen LogP contribution in [0, 0.1) is 16.0 Å². The zero-order valence-electron chi connectivity index (χ0n) is 13.4. The molecule has 2 atom stereocenters. The van der Waals surface area contributed by atoms with Gasteiger partial charge in [0, 0.05) is 18.2 Å². The Morgan fingerprint density at radius 2 is 2.04 bits per heavy atom. The fourth-order valence-corrected chi connectivity index (χ4v) is 2.81. The molecule has 1 aliphatic carbocycles. The molecule has 0 radical (unpaired) electrons. The molecule has 1 saturated carbocycles. The summed E-state index contributed by atoms with van der Waals surface area (Å²) in [5.74, 6) is -0.363. The minimum absolute atomic E-state index is 0.0204. The number of amides is 3. The topological polar surface area (TPSA) is 123 Å². The lowest BCUT2D eigenvalue weighted by atomic mass is 9.86. The number of nitrogens with one attached hydrogen (secondary N) is 2. The molecule has 1 aromatic rings. The normalized spacial score (nSPS) is 20.2. The van der Waals surface area contributed by atoms with Crippen LogP contribution in [-0.2, 0) is 11.3 Å². The largest absolute Gasteiger partial charge is 0.335 e. The highest BCUT2D eigenvalue weighted by atomic mass is 16.6. The predicted molar refractivity (Wildman–Crippen MR) is 85.5 cm³/mol. The van der Waals surface area contributed by atoms with Gasteiger partial charge >= 0.3 is 6.03 Å². The molecule has 3 amide bonds. The third-order valence-corrected chi connectivity index (χ3v) is 4.17. The lowest BCUT2D eigenvalue weighted by Crippen LogP contribution is -2.48. The molecular formula is C15H20N4O5. The average Bonchev–Trinajstić information content (AvgIpc) is 2.51. The average molecular weight is 336 g/mol. The SMILES string of the molecule is CC1CCCCC1NC(=O)NC(=O)Cn1cc([N+](=O)[O-])ccc1=O. The van der Waals surface area contributed by atoms with Gasteiger partial charge in [0.1, 0.15) is 6.54 Å². The Kier molecular flexibility index (Phi) is 5.67. The highest BCUT2D eigenvalue weighted by molar-refractivity contribution is 5.94. The van der Waals surface area contributed by atoms with E-state index in [0.717, 1.165) is 48.6 Å². The molecule has 9 nitrogen and oxygen atoms in total. The molecule has 0 saturated heterocycles. The zero-order chi connectivity index (χ0) is 17.7. The number of aromatic nitrogens is 1. The number of pyridine rings is 1. The molecule has 1 aliphatic rings. The summed E-state index contributed by atoms with van der Waals surface area (Å²) >= 11 is 0. The molecule has 1 aromatic heterocycles. The number of imide groups is 1. The standard InChI is InChI=1S/C15H20N4O5/c1-10-4-2-3-5-12(10)16-15(22)17-13(20)9-18-8-11(19(23)24)6-7-14(18)21/h6-8,10,12H,2-5,9H2,1H3,(H2,16,17,20,22). The lowest BCUT2D eigenvalue weighted by Gasteiger charge is -2.29. The molecule has 1 fully saturated rings. The van der Waals surface area contributed by atoms with Crippen LogP contribution in [0.1, 0.15) is 32.6 Å². The minimum atomic E-state index is -0.710. The van der Waals surface area contributed by atoms with Crippen molar-refractivity contribution in [3.8, 4) is 0 Å². The first-order valence-electron chi connectivity index (χ1n) is 7.82. The van der Waals surface area contributed by atoms with Crippen molar-refractivity contribution in [2.75, 3.05) is 0 Å². The highest BCUT2D eigenvalue weighted by Gasteiger charge is 2.23. The molecular weight excluding hydrogens is 316 g/mol. The third kappa shape index (κ3) is 4.64. The molecule has 2 rings (SSSR count). The molecule has 0 aliphatic heterocycles. The molecule has 1 heterocycles. The highest BCUT2D eigenvalue weighted by Crippen LogP contribution is 2.23. The summed E-state index contributed by atoms with van der Waals surface area (Å²) in [7, 11) is 0. The van der Waals surface area contributed by atoms with Crippen LogP contribution in [0.5, 0.6) is 0 Å². The van der Waals surface area contributed by atoms with Crippen LogP contribution in [0.25, 0.3) is 0 Å². The van der Waals surface area contributed by atoms with E-state index in [4.69, 9.17) is 0 Å². The van der Waals surface area contributed by atoms with Crippen molar-refractivity contribution < 1.29 is 14.5 Å². The number of rotatable bonds is 4. The number of nitrogens with zero attached hydrogens (tertiary/aromatic N) is 2. The smallest absolute Gasteiger partial charge is 0.321 e. The van der Waals surface area contributed by atoms with Gasteiger partial charge in [-0.05, 0) is 18.8 Å². The maximum atomic E-state index is 11.9. The summed E-state index contributed by atoms with van der Waals surface area (Å²) in [5, 5.41) is 15.6. The first-order chi connectivity index (χ1) is 11.4. The summed E-state index contributed by atoms with van der Waals surface area (Å²) in [6.07, 6.45) is 5.04. The van der Waals surface area contributed by atoms with Crippen molar-refractivity contribution in [3.05, 3.63) is 38.8 Å². The Morgan fingerprint density at radius 3 is 2.71 bits per heavy atom. The van der Waals surface area contributed by atoms with Crippen LogP contribution >= 0.6 is 0 Å². The number of carbonyl (C=O) groups is 2. The number of carbonyl (C=O) groups excluding carboxylic acids is 2. The molecule has 0 aromatic carbocycles. The van der Waals surface area contributed by atoms with Crippen molar-refractivity contribution in [3.63, 3.8) is 0 Å². The second-order valence-electron chi connectivity index (χ2n) is 6.00. The quantitative estimate of drug-likeness (QED) is 0.631. The van der Waals surface area contributed by atoms with E-state index in [-0.39, 0.29) is 11.7 Å². The van der Waals surface area contributed by atoms with Gasteiger partial charge in [-0.2, -0.15) is 0 Å². The van der Waals surface area contributed by atoms with Crippen LogP contribution in [0.3, 0.4) is 0 Å². The molecule has 2 N–H and O–H groups in total. The predicted octanol–water partition coefficient (Wildman–Crippen LogP) is 1.16. The number of urea groups is 1. The van der Waals surface area contributed by atoms with Crippen LogP contribution in [-0.4, -0.2) is 27.5 Å². The lowest BCUT2D eigenvalue weighted by molar-refractivity contribution is -0.385. The van der Waals surface area contributed by atoms with Crippen LogP contribution in [0.2, 0.25) is 0 Å². The summed E-state index contributed by atoms with van der Waals surface area (Å²) < 4.78 is 0.893. The first kappa shape index (κ1) is 17.6. The van der Waals surface area contributed by atoms with E-state index >= 15 is 0 Å². The van der Waals surface area contributed by atoms with Gasteiger partial charge in [0.25, 0.3) is 11.2 Å². The van der Waals surface area contributed by atoms with Gasteiger partial charge in [-0.3, -0.25) is 29.6 Å². The van der Waals surface area contributed by atoms with Crippen molar-refractivity contribution >= 4 is 17.6 Å². The van der Waals surface area contributed by atoms with Crippen LogP contribution < -0.4 is 16.2 Å². The van der Waals surface area contributed by atoms with Crippen molar-refractivity contribution in [1.29, 1.82) is 0 Å². The maximum absolute atomic E-state index is 11.9. The van der Waals surface area contributed by atoms with E-state index in [1.54, 1.807) is 0 Å². The monoisotopic (exact) mass is 336 g/mol. The minimum Gasteiger partial charge on any atom is -0.335 e. The number of nitro groups is 1. The summed E-state index contributed by atoms with van der Waals surface area (Å²) in [4.78, 5) is 45.4. The van der Waals surface area contributed by atoms with E-state index in [1.807, 2.05) is 0 Å². The number of hydrogen-bond acceptors (Lipinski definition) is 5. The molecule has 0 bridgehead atoms. The third-order valence-electron chi connectivity index (χ3n) is 4.17. The van der Waals surface area contributed by atoms with E-state index in [2.05, 4.69) is 17.6 Å².